The maximum atomic E-state index is 2.42. The van der Waals surface area contributed by atoms with Crippen molar-refractivity contribution < 1.29 is 0 Å². The highest BCUT2D eigenvalue weighted by Crippen LogP contribution is 2.42. The SMILES string of the molecule is C1=Cc2c(n(C3=CCC=C(Sc4ccc(-c5ccc6sc7ccc(N(c8ccccc8)c8ccccc8)cc7c6c5)cc4)C=C3)c3ccccc23)C=CC1. The van der Waals surface area contributed by atoms with Gasteiger partial charge in [0.2, 0.25) is 0 Å². The summed E-state index contributed by atoms with van der Waals surface area (Å²) in [6.07, 6.45) is 20.1. The van der Waals surface area contributed by atoms with E-state index in [1.165, 1.54) is 69.0 Å². The highest BCUT2D eigenvalue weighted by Gasteiger charge is 2.18. The first kappa shape index (κ1) is 32.6. The first-order valence-corrected chi connectivity index (χ1v) is 20.1. The van der Waals surface area contributed by atoms with E-state index in [0.717, 1.165) is 29.9 Å². The van der Waals surface area contributed by atoms with Crippen LogP contribution in [0.5, 0.6) is 0 Å². The number of hydrogen-bond donors (Lipinski definition) is 0. The van der Waals surface area contributed by atoms with Crippen molar-refractivity contribution in [2.45, 2.75) is 17.7 Å². The molecule has 10 rings (SSSR count). The zero-order valence-corrected chi connectivity index (χ0v) is 31.2. The Morgan fingerprint density at radius 3 is 2.00 bits per heavy atom. The van der Waals surface area contributed by atoms with Gasteiger partial charge in [0, 0.05) is 63.7 Å². The lowest BCUT2D eigenvalue weighted by Crippen LogP contribution is -2.09. The molecule has 54 heavy (non-hydrogen) atoms. The Bertz CT molecular complexity index is 2790. The number of thioether (sulfide) groups is 1. The first-order valence-electron chi connectivity index (χ1n) is 18.5. The van der Waals surface area contributed by atoms with Crippen molar-refractivity contribution >= 4 is 89.1 Å². The van der Waals surface area contributed by atoms with Crippen molar-refractivity contribution in [3.8, 4) is 11.1 Å². The van der Waals surface area contributed by atoms with E-state index in [9.17, 15) is 0 Å². The second-order valence-electron chi connectivity index (χ2n) is 13.6. The van der Waals surface area contributed by atoms with Gasteiger partial charge in [-0.2, -0.15) is 0 Å². The zero-order chi connectivity index (χ0) is 35.8. The van der Waals surface area contributed by atoms with Crippen LogP contribution in [0.2, 0.25) is 0 Å². The largest absolute Gasteiger partial charge is 0.310 e. The summed E-state index contributed by atoms with van der Waals surface area (Å²) in [6.45, 7) is 0. The summed E-state index contributed by atoms with van der Waals surface area (Å²) in [6, 6.07) is 52.9. The highest BCUT2D eigenvalue weighted by molar-refractivity contribution is 8.03. The second-order valence-corrected chi connectivity index (χ2v) is 15.9. The van der Waals surface area contributed by atoms with Crippen molar-refractivity contribution in [2.75, 3.05) is 4.90 Å². The van der Waals surface area contributed by atoms with Gasteiger partial charge in [0.05, 0.1) is 11.2 Å². The smallest absolute Gasteiger partial charge is 0.0540 e. The third kappa shape index (κ3) is 6.04. The molecular formula is C50H36N2S2. The topological polar surface area (TPSA) is 8.17 Å². The predicted octanol–water partition coefficient (Wildman–Crippen LogP) is 15.1. The summed E-state index contributed by atoms with van der Waals surface area (Å²) in [7, 11) is 0. The number of hydrogen-bond acceptors (Lipinski definition) is 3. The maximum Gasteiger partial charge on any atom is 0.0540 e. The molecule has 2 aliphatic carbocycles. The number of rotatable bonds is 7. The Kier molecular flexibility index (Phi) is 8.48. The van der Waals surface area contributed by atoms with Gasteiger partial charge < -0.3 is 9.47 Å². The third-order valence-corrected chi connectivity index (χ3v) is 12.5. The number of nitrogens with zero attached hydrogens (tertiary/aromatic N) is 2. The molecule has 0 unspecified atom stereocenters. The van der Waals surface area contributed by atoms with E-state index in [2.05, 4.69) is 204 Å². The van der Waals surface area contributed by atoms with E-state index in [4.69, 9.17) is 0 Å². The molecule has 0 saturated heterocycles. The lowest BCUT2D eigenvalue weighted by Gasteiger charge is -2.25. The van der Waals surface area contributed by atoms with E-state index < -0.39 is 0 Å². The van der Waals surface area contributed by atoms with Gasteiger partial charge in [0.25, 0.3) is 0 Å². The van der Waals surface area contributed by atoms with Gasteiger partial charge in [0.1, 0.15) is 0 Å². The molecule has 0 amide bonds. The molecule has 0 radical (unpaired) electrons. The van der Waals surface area contributed by atoms with Crippen LogP contribution in [0.4, 0.5) is 17.1 Å². The zero-order valence-electron chi connectivity index (χ0n) is 29.6. The van der Waals surface area contributed by atoms with Crippen molar-refractivity contribution in [2.24, 2.45) is 0 Å². The number of thiophene rings is 1. The van der Waals surface area contributed by atoms with E-state index in [1.807, 2.05) is 23.1 Å². The summed E-state index contributed by atoms with van der Waals surface area (Å²) in [5.74, 6) is 0. The molecule has 8 aromatic rings. The van der Waals surface area contributed by atoms with Gasteiger partial charge in [-0.05, 0) is 115 Å². The average molecular weight is 729 g/mol. The molecule has 0 atom stereocenters. The molecule has 4 heteroatoms. The van der Waals surface area contributed by atoms with Crippen LogP contribution in [-0.4, -0.2) is 4.57 Å². The lowest BCUT2D eigenvalue weighted by molar-refractivity contribution is 1.14. The number of fused-ring (bicyclic) bond motifs is 6. The number of benzene rings is 6. The molecular weight excluding hydrogens is 693 g/mol. The summed E-state index contributed by atoms with van der Waals surface area (Å²) in [4.78, 5) is 4.83. The standard InChI is InChI=1S/C50H36N2S2/c1-4-13-37(14-5-1)51(38-15-6-2-7-16-38)40-27-32-50-46(34-40)45-33-36(25-31-49(45)54-50)35-23-28-42(29-24-35)53-41-18-12-17-39(26-30-41)52-47-21-9-3-8-19-43(47)44-20-10-11-22-48(44)52/h1-2,4-11,13-34H,3,12H2. The second kappa shape index (κ2) is 14.1. The molecule has 0 fully saturated rings. The van der Waals surface area contributed by atoms with E-state index in [0.29, 0.717) is 0 Å². The van der Waals surface area contributed by atoms with Gasteiger partial charge in [-0.15, -0.1) is 11.3 Å². The molecule has 0 spiro atoms. The molecule has 0 aliphatic heterocycles. The van der Waals surface area contributed by atoms with Crippen LogP contribution in [-0.2, 0) is 0 Å². The lowest BCUT2D eigenvalue weighted by atomic mass is 10.0. The molecule has 2 nitrogen and oxygen atoms in total. The highest BCUT2D eigenvalue weighted by atomic mass is 32.2. The Morgan fingerprint density at radius 1 is 0.519 bits per heavy atom. The van der Waals surface area contributed by atoms with Gasteiger partial charge in [-0.3, -0.25) is 0 Å². The molecule has 2 heterocycles. The fraction of sp³-hybridized carbons (Fsp3) is 0.0400. The number of anilines is 3. The number of allylic oxidation sites excluding steroid dienone is 7. The molecule has 2 aliphatic rings. The van der Waals surface area contributed by atoms with Gasteiger partial charge >= 0.3 is 0 Å². The Hall–Kier alpha value is -6.07. The van der Waals surface area contributed by atoms with E-state index >= 15 is 0 Å². The van der Waals surface area contributed by atoms with E-state index in [-0.39, 0.29) is 0 Å². The first-order chi connectivity index (χ1) is 26.8. The Balaban J connectivity index is 0.915. The van der Waals surface area contributed by atoms with Crippen LogP contribution < -0.4 is 4.90 Å². The van der Waals surface area contributed by atoms with Crippen LogP contribution in [0.1, 0.15) is 24.1 Å². The minimum atomic E-state index is 0.883. The fourth-order valence-corrected chi connectivity index (χ4v) is 9.65. The van der Waals surface area contributed by atoms with Crippen LogP contribution >= 0.6 is 23.1 Å². The molecule has 2 aromatic heterocycles. The maximum absolute atomic E-state index is 2.42. The minimum absolute atomic E-state index is 0.883. The van der Waals surface area contributed by atoms with Crippen molar-refractivity contribution in [1.82, 2.24) is 4.57 Å². The third-order valence-electron chi connectivity index (χ3n) is 10.3. The summed E-state index contributed by atoms with van der Waals surface area (Å²) < 4.78 is 5.02. The molecule has 6 aromatic carbocycles. The normalized spacial score (nSPS) is 13.9. The quantitative estimate of drug-likeness (QED) is 0.161. The van der Waals surface area contributed by atoms with Crippen molar-refractivity contribution in [1.29, 1.82) is 0 Å². The van der Waals surface area contributed by atoms with E-state index in [1.54, 1.807) is 0 Å². The van der Waals surface area contributed by atoms with Crippen molar-refractivity contribution in [3.05, 3.63) is 198 Å². The van der Waals surface area contributed by atoms with Crippen LogP contribution in [0.15, 0.2) is 192 Å². The Morgan fingerprint density at radius 2 is 1.20 bits per heavy atom. The average Bonchev–Trinajstić information content (AvgIpc) is 3.48. The van der Waals surface area contributed by atoms with Crippen LogP contribution in [0.3, 0.4) is 0 Å². The van der Waals surface area contributed by atoms with Crippen LogP contribution in [0.25, 0.3) is 60.1 Å². The van der Waals surface area contributed by atoms with Gasteiger partial charge in [0.15, 0.2) is 0 Å². The summed E-state index contributed by atoms with van der Waals surface area (Å²) in [5, 5.41) is 3.88. The fourth-order valence-electron chi connectivity index (χ4n) is 7.72. The molecule has 0 saturated carbocycles. The Labute approximate surface area is 324 Å². The monoisotopic (exact) mass is 728 g/mol. The van der Waals surface area contributed by atoms with Crippen molar-refractivity contribution in [3.63, 3.8) is 0 Å². The van der Waals surface area contributed by atoms with Crippen LogP contribution in [0, 0.1) is 0 Å². The minimum Gasteiger partial charge on any atom is -0.310 e. The molecule has 258 valence electrons. The van der Waals surface area contributed by atoms with Gasteiger partial charge in [-0.25, -0.2) is 0 Å². The van der Waals surface area contributed by atoms with Gasteiger partial charge in [-0.1, -0.05) is 115 Å². The number of para-hydroxylation sites is 3. The summed E-state index contributed by atoms with van der Waals surface area (Å²) in [5.41, 5.74) is 10.9. The molecule has 0 bridgehead atoms. The summed E-state index contributed by atoms with van der Waals surface area (Å²) >= 11 is 3.69. The predicted molar refractivity (Wildman–Crippen MR) is 236 cm³/mol. The number of aromatic nitrogens is 1. The molecule has 0 N–H and O–H groups in total.